The molecule has 1 heterocycles. The van der Waals surface area contributed by atoms with Crippen LogP contribution < -0.4 is 5.32 Å². The molecule has 1 aromatic rings. The van der Waals surface area contributed by atoms with Crippen LogP contribution in [0.3, 0.4) is 0 Å². The molecule has 140 valence electrons. The van der Waals surface area contributed by atoms with Crippen molar-refractivity contribution in [1.82, 2.24) is 5.32 Å². The van der Waals surface area contributed by atoms with Crippen LogP contribution in [0.4, 0.5) is 13.2 Å². The normalized spacial score (nSPS) is 19.8. The summed E-state index contributed by atoms with van der Waals surface area (Å²) in [6.07, 6.45) is -2.27. The van der Waals surface area contributed by atoms with Crippen molar-refractivity contribution in [2.75, 3.05) is 6.61 Å². The lowest BCUT2D eigenvalue weighted by molar-refractivity contribution is -0.166. The molecule has 1 N–H and O–H groups in total. The molecule has 0 unspecified atom stereocenters. The van der Waals surface area contributed by atoms with Gasteiger partial charge in [-0.15, -0.1) is 10.2 Å². The van der Waals surface area contributed by atoms with Crippen LogP contribution >= 0.6 is 0 Å². The Hall–Kier alpha value is -2.45. The molecule has 1 amide bonds. The van der Waals surface area contributed by atoms with E-state index in [9.17, 15) is 22.8 Å². The van der Waals surface area contributed by atoms with E-state index in [-0.39, 0.29) is 17.7 Å². The van der Waals surface area contributed by atoms with Crippen LogP contribution in [0.5, 0.6) is 0 Å². The topological polar surface area (TPSA) is 80.1 Å². The number of benzene rings is 1. The van der Waals surface area contributed by atoms with Crippen LogP contribution in [0.15, 0.2) is 34.5 Å². The number of rotatable bonds is 5. The number of hydrogen-bond donors (Lipinski definition) is 1. The number of esters is 1. The Morgan fingerprint density at radius 3 is 2.42 bits per heavy atom. The Morgan fingerprint density at radius 1 is 1.23 bits per heavy atom. The van der Waals surface area contributed by atoms with Gasteiger partial charge < -0.3 is 10.1 Å². The van der Waals surface area contributed by atoms with E-state index in [1.165, 1.54) is 18.2 Å². The van der Waals surface area contributed by atoms with Crippen molar-refractivity contribution in [3.05, 3.63) is 35.4 Å². The maximum absolute atomic E-state index is 13.1. The number of carbonyl (C=O) groups is 2. The minimum atomic E-state index is -4.67. The van der Waals surface area contributed by atoms with Crippen molar-refractivity contribution in [2.24, 2.45) is 10.2 Å². The van der Waals surface area contributed by atoms with Crippen LogP contribution in [0.2, 0.25) is 0 Å². The summed E-state index contributed by atoms with van der Waals surface area (Å²) in [6, 6.07) is 5.06. The highest BCUT2D eigenvalue weighted by Gasteiger charge is 2.65. The monoisotopic (exact) mass is 369 g/mol. The lowest BCUT2D eigenvalue weighted by Crippen LogP contribution is -2.53. The maximum Gasteiger partial charge on any atom is 0.442 e. The zero-order valence-electron chi connectivity index (χ0n) is 14.1. The van der Waals surface area contributed by atoms with Crippen LogP contribution in [0, 0.1) is 0 Å². The lowest BCUT2D eigenvalue weighted by Gasteiger charge is -2.28. The Balaban J connectivity index is 1.82. The van der Waals surface area contributed by atoms with Crippen LogP contribution in [0.25, 0.3) is 0 Å². The van der Waals surface area contributed by atoms with Gasteiger partial charge in [-0.2, -0.15) is 13.2 Å². The van der Waals surface area contributed by atoms with Gasteiger partial charge >= 0.3 is 17.8 Å². The second-order valence-electron chi connectivity index (χ2n) is 6.41. The van der Waals surface area contributed by atoms with Gasteiger partial charge in [-0.1, -0.05) is 25.0 Å². The zero-order valence-corrected chi connectivity index (χ0v) is 14.1. The Labute approximate surface area is 147 Å². The van der Waals surface area contributed by atoms with Gasteiger partial charge in [0, 0.05) is 11.1 Å². The fraction of sp³-hybridized carbons (Fsp3) is 0.529. The highest BCUT2D eigenvalue weighted by Crippen LogP contribution is 2.52. The summed E-state index contributed by atoms with van der Waals surface area (Å²) >= 11 is 0. The fourth-order valence-corrected chi connectivity index (χ4v) is 3.24. The predicted octanol–water partition coefficient (Wildman–Crippen LogP) is 3.47. The molecular weight excluding hydrogens is 351 g/mol. The zero-order chi connectivity index (χ0) is 19.0. The van der Waals surface area contributed by atoms with Crippen molar-refractivity contribution in [3.8, 4) is 0 Å². The number of nitrogens with zero attached hydrogens (tertiary/aromatic N) is 2. The van der Waals surface area contributed by atoms with Gasteiger partial charge in [0.05, 0.1) is 6.61 Å². The summed E-state index contributed by atoms with van der Waals surface area (Å²) in [5.74, 6) is -1.14. The van der Waals surface area contributed by atoms with Gasteiger partial charge in [-0.25, -0.2) is 4.79 Å². The molecule has 0 spiro atoms. The summed E-state index contributed by atoms with van der Waals surface area (Å²) in [5, 5.41) is 8.95. The molecule has 1 saturated carbocycles. The molecule has 26 heavy (non-hydrogen) atoms. The summed E-state index contributed by atoms with van der Waals surface area (Å²) in [6.45, 7) is 1.86. The molecule has 2 aliphatic rings. The van der Waals surface area contributed by atoms with E-state index >= 15 is 0 Å². The van der Waals surface area contributed by atoms with E-state index in [2.05, 4.69) is 15.5 Å². The number of carbonyl (C=O) groups excluding carboxylic acids is 2. The van der Waals surface area contributed by atoms with Gasteiger partial charge in [-0.05, 0) is 31.9 Å². The molecule has 0 bridgehead atoms. The molecule has 0 atom stereocenters. The van der Waals surface area contributed by atoms with Crippen molar-refractivity contribution in [1.29, 1.82) is 0 Å². The molecule has 1 fully saturated rings. The van der Waals surface area contributed by atoms with Gasteiger partial charge in [0.25, 0.3) is 5.91 Å². The highest BCUT2D eigenvalue weighted by atomic mass is 19.4. The molecule has 0 radical (unpaired) electrons. The van der Waals surface area contributed by atoms with Gasteiger partial charge in [0.2, 0.25) is 0 Å². The number of nitrogens with one attached hydrogen (secondary N) is 1. The van der Waals surface area contributed by atoms with E-state index in [1.807, 2.05) is 0 Å². The molecule has 1 aromatic carbocycles. The molecule has 0 saturated heterocycles. The molecular formula is C17H18F3N3O3. The second kappa shape index (κ2) is 6.37. The van der Waals surface area contributed by atoms with Gasteiger partial charge in [0.1, 0.15) is 5.54 Å². The van der Waals surface area contributed by atoms with Crippen molar-refractivity contribution < 1.29 is 27.5 Å². The van der Waals surface area contributed by atoms with Crippen LogP contribution in [-0.2, 0) is 15.2 Å². The third kappa shape index (κ3) is 3.06. The lowest BCUT2D eigenvalue weighted by atomic mass is 9.96. The predicted molar refractivity (Wildman–Crippen MR) is 84.3 cm³/mol. The number of halogens is 3. The first kappa shape index (κ1) is 18.3. The Kier molecular flexibility index (Phi) is 4.49. The number of ether oxygens (including phenoxy) is 1. The maximum atomic E-state index is 13.1. The van der Waals surface area contributed by atoms with E-state index in [1.54, 1.807) is 6.92 Å². The van der Waals surface area contributed by atoms with Gasteiger partial charge in [-0.3, -0.25) is 4.79 Å². The number of hydrogen-bond acceptors (Lipinski definition) is 5. The largest absolute Gasteiger partial charge is 0.464 e. The van der Waals surface area contributed by atoms with Gasteiger partial charge in [0.15, 0.2) is 0 Å². The summed E-state index contributed by atoms with van der Waals surface area (Å²) < 4.78 is 44.5. The molecule has 1 aliphatic heterocycles. The Bertz CT molecular complexity index is 749. The third-order valence-electron chi connectivity index (χ3n) is 4.70. The minimum Gasteiger partial charge on any atom is -0.464 e. The van der Waals surface area contributed by atoms with Crippen molar-refractivity contribution in [3.63, 3.8) is 0 Å². The van der Waals surface area contributed by atoms with Crippen LogP contribution in [-0.4, -0.2) is 30.2 Å². The summed E-state index contributed by atoms with van der Waals surface area (Å²) in [4.78, 5) is 24.9. The first-order chi connectivity index (χ1) is 12.2. The molecule has 6 nitrogen and oxygen atoms in total. The number of amides is 1. The molecule has 0 aromatic heterocycles. The smallest absolute Gasteiger partial charge is 0.442 e. The van der Waals surface area contributed by atoms with Crippen molar-refractivity contribution in [2.45, 2.75) is 50.0 Å². The van der Waals surface area contributed by atoms with E-state index in [0.29, 0.717) is 12.8 Å². The first-order valence-corrected chi connectivity index (χ1v) is 8.35. The SMILES string of the molecule is CCOC(=O)C1(NC(=O)c2cccc(C3(C(F)(F)F)N=N3)c2)CCCC1. The number of alkyl halides is 3. The van der Waals surface area contributed by atoms with E-state index in [0.717, 1.165) is 18.9 Å². The highest BCUT2D eigenvalue weighted by molar-refractivity contribution is 5.98. The van der Waals surface area contributed by atoms with E-state index < -0.39 is 29.3 Å². The summed E-state index contributed by atoms with van der Waals surface area (Å²) in [7, 11) is 0. The molecule has 9 heteroatoms. The summed E-state index contributed by atoms with van der Waals surface area (Å²) in [5.41, 5.74) is -3.93. The quantitative estimate of drug-likeness (QED) is 0.807. The molecule has 3 rings (SSSR count). The fourth-order valence-electron chi connectivity index (χ4n) is 3.24. The van der Waals surface area contributed by atoms with E-state index in [4.69, 9.17) is 4.74 Å². The standard InChI is InChI=1S/C17H18F3N3O3/c1-2-26-14(25)15(8-3-4-9-15)21-13(24)11-6-5-7-12(10-11)16(22-23-16)17(18,19)20/h5-7,10H,2-4,8-9H2,1H3,(H,21,24). The van der Waals surface area contributed by atoms with Crippen molar-refractivity contribution >= 4 is 11.9 Å². The third-order valence-corrected chi connectivity index (χ3v) is 4.70. The first-order valence-electron chi connectivity index (χ1n) is 8.35. The minimum absolute atomic E-state index is 0.0130. The average Bonchev–Trinajstić information content (AvgIpc) is 3.30. The average molecular weight is 369 g/mol. The van der Waals surface area contributed by atoms with Crippen LogP contribution in [0.1, 0.15) is 48.5 Å². The Morgan fingerprint density at radius 2 is 1.88 bits per heavy atom. The second-order valence-corrected chi connectivity index (χ2v) is 6.41. The molecule has 1 aliphatic carbocycles.